The summed E-state index contributed by atoms with van der Waals surface area (Å²) in [7, 11) is 0. The molecule has 0 spiro atoms. The van der Waals surface area contributed by atoms with Crippen LogP contribution in [0, 0.1) is 19.7 Å². The maximum atomic E-state index is 13.0. The standard InChI is InChI=1S/C16H17BrFNO2/c1-4-19-10(2)7-13(11(19)3)15(20)9-21-16-6-5-12(18)8-14(16)17/h5-8H,4,9H2,1-3H3. The van der Waals surface area contributed by atoms with Crippen LogP contribution in [0.1, 0.15) is 28.7 Å². The van der Waals surface area contributed by atoms with Crippen LogP contribution in [0.3, 0.4) is 0 Å². The van der Waals surface area contributed by atoms with E-state index in [-0.39, 0.29) is 18.2 Å². The third-order valence-corrected chi connectivity index (χ3v) is 4.06. The Kier molecular flexibility index (Phi) is 4.83. The van der Waals surface area contributed by atoms with Gasteiger partial charge in [0.2, 0.25) is 5.78 Å². The average molecular weight is 354 g/mol. The average Bonchev–Trinajstić information content (AvgIpc) is 2.72. The highest BCUT2D eigenvalue weighted by Crippen LogP contribution is 2.26. The second-order valence-electron chi connectivity index (χ2n) is 4.82. The van der Waals surface area contributed by atoms with Gasteiger partial charge in [-0.15, -0.1) is 0 Å². The molecule has 2 aromatic rings. The van der Waals surface area contributed by atoms with Crippen molar-refractivity contribution in [2.24, 2.45) is 0 Å². The van der Waals surface area contributed by atoms with Crippen molar-refractivity contribution in [3.63, 3.8) is 0 Å². The van der Waals surface area contributed by atoms with E-state index in [0.717, 1.165) is 17.9 Å². The smallest absolute Gasteiger partial charge is 0.202 e. The lowest BCUT2D eigenvalue weighted by Crippen LogP contribution is -2.13. The summed E-state index contributed by atoms with van der Waals surface area (Å²) in [4.78, 5) is 12.3. The topological polar surface area (TPSA) is 31.2 Å². The van der Waals surface area contributed by atoms with Crippen molar-refractivity contribution in [3.05, 3.63) is 51.5 Å². The maximum absolute atomic E-state index is 13.0. The molecule has 2 rings (SSSR count). The van der Waals surface area contributed by atoms with Crippen molar-refractivity contribution in [1.82, 2.24) is 4.57 Å². The fourth-order valence-electron chi connectivity index (χ4n) is 2.38. The molecule has 0 aliphatic carbocycles. The normalized spacial score (nSPS) is 10.7. The number of carbonyl (C=O) groups is 1. The van der Waals surface area contributed by atoms with Crippen LogP contribution in [0.25, 0.3) is 0 Å². The molecule has 1 heterocycles. The second-order valence-corrected chi connectivity index (χ2v) is 5.67. The number of aromatic nitrogens is 1. The van der Waals surface area contributed by atoms with Gasteiger partial charge in [-0.25, -0.2) is 4.39 Å². The van der Waals surface area contributed by atoms with E-state index in [2.05, 4.69) is 20.5 Å². The number of halogens is 2. The Balaban J connectivity index is 2.12. The molecule has 0 unspecified atom stereocenters. The molecular formula is C16H17BrFNO2. The van der Waals surface area contributed by atoms with Crippen molar-refractivity contribution in [2.45, 2.75) is 27.3 Å². The van der Waals surface area contributed by atoms with Gasteiger partial charge in [0.15, 0.2) is 6.61 Å². The van der Waals surface area contributed by atoms with E-state index in [4.69, 9.17) is 4.74 Å². The molecule has 1 aromatic heterocycles. The molecule has 0 aliphatic heterocycles. The summed E-state index contributed by atoms with van der Waals surface area (Å²) in [5.74, 6) is 0.0140. The lowest BCUT2D eigenvalue weighted by molar-refractivity contribution is 0.0920. The number of hydrogen-bond acceptors (Lipinski definition) is 2. The lowest BCUT2D eigenvalue weighted by Gasteiger charge is -2.08. The number of rotatable bonds is 5. The Morgan fingerprint density at radius 1 is 1.33 bits per heavy atom. The highest BCUT2D eigenvalue weighted by molar-refractivity contribution is 9.10. The monoisotopic (exact) mass is 353 g/mol. The van der Waals surface area contributed by atoms with Crippen LogP contribution in [0.15, 0.2) is 28.7 Å². The maximum Gasteiger partial charge on any atom is 0.202 e. The molecule has 0 saturated heterocycles. The first-order valence-corrected chi connectivity index (χ1v) is 7.51. The highest BCUT2D eigenvalue weighted by atomic mass is 79.9. The number of ether oxygens (including phenoxy) is 1. The van der Waals surface area contributed by atoms with Crippen LogP contribution >= 0.6 is 15.9 Å². The van der Waals surface area contributed by atoms with Crippen molar-refractivity contribution in [1.29, 1.82) is 0 Å². The van der Waals surface area contributed by atoms with E-state index in [1.807, 2.05) is 26.8 Å². The van der Waals surface area contributed by atoms with Crippen LogP contribution in [0.5, 0.6) is 5.75 Å². The zero-order valence-corrected chi connectivity index (χ0v) is 13.8. The van der Waals surface area contributed by atoms with Gasteiger partial charge >= 0.3 is 0 Å². The Hall–Kier alpha value is -1.62. The molecule has 5 heteroatoms. The van der Waals surface area contributed by atoms with Gasteiger partial charge in [0, 0.05) is 23.5 Å². The summed E-state index contributed by atoms with van der Waals surface area (Å²) >= 11 is 3.21. The fraction of sp³-hybridized carbons (Fsp3) is 0.312. The summed E-state index contributed by atoms with van der Waals surface area (Å²) in [6.07, 6.45) is 0. The van der Waals surface area contributed by atoms with Gasteiger partial charge in [-0.05, 0) is 61.0 Å². The molecule has 0 bridgehead atoms. The molecule has 0 atom stereocenters. The minimum absolute atomic E-state index is 0.0712. The minimum Gasteiger partial charge on any atom is -0.484 e. The van der Waals surface area contributed by atoms with Crippen LogP contribution in [0.4, 0.5) is 4.39 Å². The van der Waals surface area contributed by atoms with Gasteiger partial charge < -0.3 is 9.30 Å². The van der Waals surface area contributed by atoms with Crippen molar-refractivity contribution < 1.29 is 13.9 Å². The summed E-state index contributed by atoms with van der Waals surface area (Å²) in [5.41, 5.74) is 2.68. The molecule has 0 N–H and O–H groups in total. The van der Waals surface area contributed by atoms with E-state index in [0.29, 0.717) is 15.8 Å². The van der Waals surface area contributed by atoms with Crippen LogP contribution in [0.2, 0.25) is 0 Å². The van der Waals surface area contributed by atoms with Crippen molar-refractivity contribution >= 4 is 21.7 Å². The molecule has 0 radical (unpaired) electrons. The Labute approximate surface area is 131 Å². The number of carbonyl (C=O) groups excluding carboxylic acids is 1. The summed E-state index contributed by atoms with van der Waals surface area (Å²) < 4.78 is 21.0. The van der Waals surface area contributed by atoms with Gasteiger partial charge in [0.05, 0.1) is 4.47 Å². The molecule has 0 aliphatic rings. The number of Topliss-reactive ketones (excluding diaryl/α,β-unsaturated/α-hetero) is 1. The molecule has 0 fully saturated rings. The summed E-state index contributed by atoms with van der Waals surface area (Å²) in [6, 6.07) is 5.99. The van der Waals surface area contributed by atoms with E-state index in [1.165, 1.54) is 18.2 Å². The van der Waals surface area contributed by atoms with Crippen molar-refractivity contribution in [2.75, 3.05) is 6.61 Å². The SMILES string of the molecule is CCn1c(C)cc(C(=O)COc2ccc(F)cc2Br)c1C. The molecule has 3 nitrogen and oxygen atoms in total. The van der Waals surface area contributed by atoms with Crippen LogP contribution in [-0.4, -0.2) is 17.0 Å². The predicted molar refractivity (Wildman–Crippen MR) is 83.5 cm³/mol. The van der Waals surface area contributed by atoms with E-state index in [1.54, 1.807) is 0 Å². The zero-order valence-electron chi connectivity index (χ0n) is 12.2. The first-order chi connectivity index (χ1) is 9.93. The Bertz CT molecular complexity index is 679. The number of benzene rings is 1. The van der Waals surface area contributed by atoms with E-state index >= 15 is 0 Å². The molecular weight excluding hydrogens is 337 g/mol. The Morgan fingerprint density at radius 2 is 2.05 bits per heavy atom. The highest BCUT2D eigenvalue weighted by Gasteiger charge is 2.16. The van der Waals surface area contributed by atoms with E-state index in [9.17, 15) is 9.18 Å². The third kappa shape index (κ3) is 3.35. The van der Waals surface area contributed by atoms with Gasteiger partial charge in [-0.2, -0.15) is 0 Å². The summed E-state index contributed by atoms with van der Waals surface area (Å²) in [6.45, 7) is 6.70. The van der Waals surface area contributed by atoms with Crippen LogP contribution in [-0.2, 0) is 6.54 Å². The second kappa shape index (κ2) is 6.43. The van der Waals surface area contributed by atoms with E-state index < -0.39 is 0 Å². The fourth-order valence-corrected chi connectivity index (χ4v) is 2.85. The minimum atomic E-state index is -0.355. The first-order valence-electron chi connectivity index (χ1n) is 6.71. The predicted octanol–water partition coefficient (Wildman–Crippen LogP) is 4.29. The quantitative estimate of drug-likeness (QED) is 0.750. The van der Waals surface area contributed by atoms with Gasteiger partial charge in [-0.1, -0.05) is 0 Å². The molecule has 21 heavy (non-hydrogen) atoms. The first kappa shape index (κ1) is 15.8. The molecule has 0 saturated carbocycles. The lowest BCUT2D eigenvalue weighted by atomic mass is 10.1. The van der Waals surface area contributed by atoms with Gasteiger partial charge in [-0.3, -0.25) is 4.79 Å². The summed E-state index contributed by atoms with van der Waals surface area (Å²) in [5, 5.41) is 0. The molecule has 0 amide bonds. The Morgan fingerprint density at radius 3 is 2.62 bits per heavy atom. The largest absolute Gasteiger partial charge is 0.484 e. The third-order valence-electron chi connectivity index (χ3n) is 3.44. The number of ketones is 1. The van der Waals surface area contributed by atoms with Gasteiger partial charge in [0.1, 0.15) is 11.6 Å². The van der Waals surface area contributed by atoms with Crippen molar-refractivity contribution in [3.8, 4) is 5.75 Å². The zero-order chi connectivity index (χ0) is 15.6. The molecule has 1 aromatic carbocycles. The van der Waals surface area contributed by atoms with Crippen LogP contribution < -0.4 is 4.74 Å². The molecule has 112 valence electrons. The van der Waals surface area contributed by atoms with Gasteiger partial charge in [0.25, 0.3) is 0 Å². The number of hydrogen-bond donors (Lipinski definition) is 0. The number of nitrogens with zero attached hydrogens (tertiary/aromatic N) is 1. The number of aryl methyl sites for hydroxylation is 1.